The molecule has 0 aliphatic heterocycles. The smallest absolute Gasteiger partial charge is 0.207 e. The maximum atomic E-state index is 13.6. The lowest BCUT2D eigenvalue weighted by molar-refractivity contribution is -0.121. The van der Waals surface area contributed by atoms with Gasteiger partial charge in [0, 0.05) is 18.2 Å². The molecule has 124 valence electrons. The maximum Gasteiger partial charge on any atom is 0.402 e. The van der Waals surface area contributed by atoms with E-state index >= 15 is 0 Å². The number of benzene rings is 1. The van der Waals surface area contributed by atoms with Crippen LogP contribution in [0.1, 0.15) is 18.4 Å². The molecule has 0 spiro atoms. The molecule has 1 aromatic carbocycles. The average molecular weight is 344 g/mol. The predicted octanol–water partition coefficient (Wildman–Crippen LogP) is 2.33. The molecule has 0 amide bonds. The molecule has 2 rings (SSSR count). The molecule has 1 aliphatic carbocycles. The molecule has 1 fully saturated rings. The summed E-state index contributed by atoms with van der Waals surface area (Å²) < 4.78 is 89.6. The van der Waals surface area contributed by atoms with Crippen LogP contribution in [0.25, 0.3) is 0 Å². The van der Waals surface area contributed by atoms with Crippen LogP contribution in [0.4, 0.5) is 22.0 Å². The quantitative estimate of drug-likeness (QED) is 0.806. The van der Waals surface area contributed by atoms with Crippen LogP contribution >= 0.6 is 0 Å². The zero-order valence-corrected chi connectivity index (χ0v) is 12.0. The summed E-state index contributed by atoms with van der Waals surface area (Å²) in [4.78, 5) is 0. The monoisotopic (exact) mass is 344 g/mol. The van der Waals surface area contributed by atoms with Crippen molar-refractivity contribution in [1.82, 2.24) is 9.03 Å². The largest absolute Gasteiger partial charge is 0.402 e. The Balaban J connectivity index is 2.20. The van der Waals surface area contributed by atoms with Gasteiger partial charge < -0.3 is 0 Å². The Morgan fingerprint density at radius 2 is 1.73 bits per heavy atom. The van der Waals surface area contributed by atoms with Crippen molar-refractivity contribution in [2.45, 2.75) is 31.6 Å². The van der Waals surface area contributed by atoms with Crippen LogP contribution in [0.3, 0.4) is 0 Å². The molecule has 1 N–H and O–H groups in total. The Kier molecular flexibility index (Phi) is 4.73. The lowest BCUT2D eigenvalue weighted by Gasteiger charge is -2.23. The zero-order chi connectivity index (χ0) is 16.5. The molecule has 0 saturated heterocycles. The average Bonchev–Trinajstić information content (AvgIpc) is 3.19. The second-order valence-electron chi connectivity index (χ2n) is 4.92. The normalized spacial score (nSPS) is 16.3. The minimum absolute atomic E-state index is 0.434. The van der Waals surface area contributed by atoms with E-state index in [2.05, 4.69) is 0 Å². The van der Waals surface area contributed by atoms with Gasteiger partial charge in [-0.15, -0.1) is 0 Å². The Morgan fingerprint density at radius 3 is 2.18 bits per heavy atom. The molecule has 10 heteroatoms. The van der Waals surface area contributed by atoms with E-state index in [4.69, 9.17) is 0 Å². The molecule has 0 atom stereocenters. The molecular formula is C12H13F5N2O2S. The highest BCUT2D eigenvalue weighted by Crippen LogP contribution is 2.31. The fraction of sp³-hybridized carbons (Fsp3) is 0.500. The van der Waals surface area contributed by atoms with Crippen molar-refractivity contribution in [3.8, 4) is 0 Å². The van der Waals surface area contributed by atoms with Gasteiger partial charge in [-0.1, -0.05) is 6.07 Å². The summed E-state index contributed by atoms with van der Waals surface area (Å²) in [6.45, 7) is -2.39. The van der Waals surface area contributed by atoms with Crippen LogP contribution in [0.2, 0.25) is 0 Å². The molecule has 0 unspecified atom stereocenters. The summed E-state index contributed by atoms with van der Waals surface area (Å²) in [5, 5.41) is 0. The number of halogens is 5. The summed E-state index contributed by atoms with van der Waals surface area (Å²) in [6.07, 6.45) is -3.85. The summed E-state index contributed by atoms with van der Waals surface area (Å²) in [7, 11) is -4.49. The molecule has 0 aromatic heterocycles. The molecular weight excluding hydrogens is 331 g/mol. The number of hydrogen-bond acceptors (Lipinski definition) is 2. The van der Waals surface area contributed by atoms with Gasteiger partial charge in [0.25, 0.3) is 10.2 Å². The van der Waals surface area contributed by atoms with Crippen molar-refractivity contribution in [2.24, 2.45) is 0 Å². The number of hydrogen-bond donors (Lipinski definition) is 1. The van der Waals surface area contributed by atoms with Crippen molar-refractivity contribution < 1.29 is 30.4 Å². The third-order valence-electron chi connectivity index (χ3n) is 3.09. The first-order chi connectivity index (χ1) is 10.1. The first kappa shape index (κ1) is 17.1. The van der Waals surface area contributed by atoms with Gasteiger partial charge in [0.2, 0.25) is 0 Å². The zero-order valence-electron chi connectivity index (χ0n) is 11.2. The van der Waals surface area contributed by atoms with E-state index in [0.29, 0.717) is 17.1 Å². The lowest BCUT2D eigenvalue weighted by atomic mass is 10.2. The Morgan fingerprint density at radius 1 is 1.18 bits per heavy atom. The van der Waals surface area contributed by atoms with E-state index in [9.17, 15) is 30.4 Å². The fourth-order valence-electron chi connectivity index (χ4n) is 1.87. The highest BCUT2D eigenvalue weighted by atomic mass is 32.2. The summed E-state index contributed by atoms with van der Waals surface area (Å²) >= 11 is 0. The molecule has 4 nitrogen and oxygen atoms in total. The molecule has 22 heavy (non-hydrogen) atoms. The predicted molar refractivity (Wildman–Crippen MR) is 67.9 cm³/mol. The van der Waals surface area contributed by atoms with E-state index in [1.54, 1.807) is 0 Å². The first-order valence-corrected chi connectivity index (χ1v) is 7.80. The number of nitrogens with one attached hydrogen (secondary N) is 1. The van der Waals surface area contributed by atoms with E-state index in [-0.39, 0.29) is 0 Å². The second-order valence-corrected chi connectivity index (χ2v) is 6.63. The minimum atomic E-state index is -4.72. The second kappa shape index (κ2) is 6.09. The van der Waals surface area contributed by atoms with Crippen molar-refractivity contribution in [1.29, 1.82) is 0 Å². The van der Waals surface area contributed by atoms with E-state index in [0.717, 1.165) is 18.2 Å². The minimum Gasteiger partial charge on any atom is -0.207 e. The number of alkyl halides is 3. The summed E-state index contributed by atoms with van der Waals surface area (Å²) in [6, 6.07) is 2.48. The Labute approximate surface area is 124 Å². The van der Waals surface area contributed by atoms with Crippen LogP contribution in [0, 0.1) is 11.6 Å². The summed E-state index contributed by atoms with van der Waals surface area (Å²) in [5.74, 6) is -1.90. The molecule has 1 saturated carbocycles. The van der Waals surface area contributed by atoms with E-state index in [1.165, 1.54) is 4.72 Å². The van der Waals surface area contributed by atoms with Crippen LogP contribution in [-0.4, -0.2) is 31.5 Å². The summed E-state index contributed by atoms with van der Waals surface area (Å²) in [5.41, 5.74) is -0.494. The van der Waals surface area contributed by atoms with E-state index in [1.807, 2.05) is 0 Å². The van der Waals surface area contributed by atoms with Crippen molar-refractivity contribution in [3.05, 3.63) is 35.4 Å². The van der Waals surface area contributed by atoms with Gasteiger partial charge in [0.1, 0.15) is 18.2 Å². The fourth-order valence-corrected chi connectivity index (χ4v) is 3.28. The number of rotatable bonds is 6. The number of nitrogens with zero attached hydrogens (tertiary/aromatic N) is 1. The van der Waals surface area contributed by atoms with Gasteiger partial charge in [-0.2, -0.15) is 30.6 Å². The Hall–Kier alpha value is -1.26. The molecule has 0 heterocycles. The lowest BCUT2D eigenvalue weighted by Crippen LogP contribution is -2.45. The van der Waals surface area contributed by atoms with Crippen LogP contribution in [-0.2, 0) is 16.8 Å². The highest BCUT2D eigenvalue weighted by molar-refractivity contribution is 7.87. The van der Waals surface area contributed by atoms with Crippen LogP contribution < -0.4 is 4.72 Å². The first-order valence-electron chi connectivity index (χ1n) is 6.36. The van der Waals surface area contributed by atoms with E-state index < -0.39 is 52.7 Å². The molecule has 1 aromatic rings. The molecule has 0 bridgehead atoms. The third-order valence-corrected chi connectivity index (χ3v) is 4.65. The maximum absolute atomic E-state index is 13.6. The van der Waals surface area contributed by atoms with Crippen molar-refractivity contribution >= 4 is 10.2 Å². The van der Waals surface area contributed by atoms with Crippen LogP contribution in [0.15, 0.2) is 18.2 Å². The highest BCUT2D eigenvalue weighted by Gasteiger charge is 2.40. The van der Waals surface area contributed by atoms with Gasteiger partial charge in [-0.05, 0) is 25.0 Å². The standard InChI is InChI=1S/C12H13F5N2O2S/c13-10-2-1-3-11(14)9(10)6-19(8-4-5-8)22(20,21)18-7-12(15,16)17/h1-3,8,18H,4-7H2. The topological polar surface area (TPSA) is 49.4 Å². The van der Waals surface area contributed by atoms with Gasteiger partial charge >= 0.3 is 6.18 Å². The third kappa shape index (κ3) is 4.37. The SMILES string of the molecule is O=S(=O)(NCC(F)(F)F)N(Cc1c(F)cccc1F)C1CC1. The van der Waals surface area contributed by atoms with Gasteiger partial charge in [0.15, 0.2) is 0 Å². The Bertz CT molecular complexity index is 623. The molecule has 0 radical (unpaired) electrons. The van der Waals surface area contributed by atoms with Crippen molar-refractivity contribution in [3.63, 3.8) is 0 Å². The van der Waals surface area contributed by atoms with Gasteiger partial charge in [-0.25, -0.2) is 8.78 Å². The van der Waals surface area contributed by atoms with Gasteiger partial charge in [-0.3, -0.25) is 0 Å². The van der Waals surface area contributed by atoms with Crippen molar-refractivity contribution in [2.75, 3.05) is 6.54 Å². The molecule has 1 aliphatic rings. The van der Waals surface area contributed by atoms with Gasteiger partial charge in [0.05, 0.1) is 0 Å². The van der Waals surface area contributed by atoms with Crippen LogP contribution in [0.5, 0.6) is 0 Å².